The molecule has 1 rings (SSSR count). The van der Waals surface area contributed by atoms with Gasteiger partial charge in [0.1, 0.15) is 23.7 Å². The van der Waals surface area contributed by atoms with Crippen molar-refractivity contribution in [2.24, 2.45) is 0 Å². The Balaban J connectivity index is 2.78. The Kier molecular flexibility index (Phi) is 5.07. The molecule has 0 amide bonds. The van der Waals surface area contributed by atoms with Crippen molar-refractivity contribution in [2.75, 3.05) is 30.4 Å². The Morgan fingerprint density at radius 3 is 2.44 bits per heavy atom. The van der Waals surface area contributed by atoms with Gasteiger partial charge in [-0.1, -0.05) is 0 Å². The largest absolute Gasteiger partial charge is 0.359 e. The number of ketones is 1. The monoisotopic (exact) mass is 250 g/mol. The van der Waals surface area contributed by atoms with Crippen molar-refractivity contribution < 1.29 is 4.79 Å². The summed E-state index contributed by atoms with van der Waals surface area (Å²) in [7, 11) is 3.94. The maximum atomic E-state index is 11.0. The smallest absolute Gasteiger partial charge is 0.134 e. The van der Waals surface area contributed by atoms with Crippen LogP contribution in [0.4, 0.5) is 11.6 Å². The van der Waals surface area contributed by atoms with Crippen LogP contribution in [0.5, 0.6) is 0 Å². The van der Waals surface area contributed by atoms with Gasteiger partial charge in [-0.15, -0.1) is 0 Å². The number of aromatic nitrogens is 2. The van der Waals surface area contributed by atoms with Crippen LogP contribution in [0.15, 0.2) is 12.4 Å². The topological polar surface area (TPSA) is 49.3 Å². The number of Topliss-reactive ketones (excluding diaryl/α,β-unsaturated/α-hetero) is 1. The number of hydrogen-bond acceptors (Lipinski definition) is 5. The Labute approximate surface area is 109 Å². The first-order chi connectivity index (χ1) is 8.41. The molecular formula is C13H22N4O. The van der Waals surface area contributed by atoms with Gasteiger partial charge in [-0.3, -0.25) is 4.79 Å². The van der Waals surface area contributed by atoms with E-state index >= 15 is 0 Å². The highest BCUT2D eigenvalue weighted by Gasteiger charge is 2.10. The SMILES string of the molecule is CC(=O)CCN(C)c1cc(N(C)C(C)C)ncn1. The fraction of sp³-hybridized carbons (Fsp3) is 0.615. The van der Waals surface area contributed by atoms with Crippen LogP contribution in [-0.2, 0) is 4.79 Å². The van der Waals surface area contributed by atoms with Crippen molar-refractivity contribution in [1.82, 2.24) is 9.97 Å². The quantitative estimate of drug-likeness (QED) is 0.769. The van der Waals surface area contributed by atoms with Crippen LogP contribution in [0.25, 0.3) is 0 Å². The average Bonchev–Trinajstić information content (AvgIpc) is 2.34. The molecule has 0 aliphatic carbocycles. The highest BCUT2D eigenvalue weighted by Crippen LogP contribution is 2.17. The molecule has 18 heavy (non-hydrogen) atoms. The average molecular weight is 250 g/mol. The summed E-state index contributed by atoms with van der Waals surface area (Å²) in [6, 6.07) is 2.33. The zero-order valence-corrected chi connectivity index (χ0v) is 11.8. The van der Waals surface area contributed by atoms with E-state index < -0.39 is 0 Å². The van der Waals surface area contributed by atoms with Crippen LogP contribution >= 0.6 is 0 Å². The minimum Gasteiger partial charge on any atom is -0.359 e. The molecule has 0 unspecified atom stereocenters. The number of anilines is 2. The summed E-state index contributed by atoms with van der Waals surface area (Å²) in [6.45, 7) is 6.51. The molecule has 0 atom stereocenters. The molecule has 5 nitrogen and oxygen atoms in total. The lowest BCUT2D eigenvalue weighted by molar-refractivity contribution is -0.116. The molecular weight excluding hydrogens is 228 g/mol. The molecule has 0 saturated carbocycles. The van der Waals surface area contributed by atoms with Crippen LogP contribution in [-0.4, -0.2) is 42.4 Å². The standard InChI is InChI=1S/C13H22N4O/c1-10(2)17(5)13-8-12(14-9-15-13)16(4)7-6-11(3)18/h8-10H,6-7H2,1-5H3. The number of rotatable bonds is 6. The summed E-state index contributed by atoms with van der Waals surface area (Å²) in [4.78, 5) is 23.5. The first-order valence-corrected chi connectivity index (χ1v) is 6.17. The Bertz CT molecular complexity index is 406. The zero-order valence-electron chi connectivity index (χ0n) is 11.8. The van der Waals surface area contributed by atoms with Crippen LogP contribution < -0.4 is 9.80 Å². The van der Waals surface area contributed by atoms with E-state index in [0.717, 1.165) is 11.6 Å². The van der Waals surface area contributed by atoms with E-state index in [1.807, 2.05) is 25.1 Å². The summed E-state index contributed by atoms with van der Waals surface area (Å²) in [5, 5.41) is 0. The first kappa shape index (κ1) is 14.4. The molecule has 0 fully saturated rings. The lowest BCUT2D eigenvalue weighted by Gasteiger charge is -2.24. The van der Waals surface area contributed by atoms with Gasteiger partial charge in [0.05, 0.1) is 0 Å². The Morgan fingerprint density at radius 2 is 1.89 bits per heavy atom. The van der Waals surface area contributed by atoms with Gasteiger partial charge in [-0.25, -0.2) is 9.97 Å². The summed E-state index contributed by atoms with van der Waals surface area (Å²) >= 11 is 0. The lowest BCUT2D eigenvalue weighted by Crippen LogP contribution is -2.27. The molecule has 0 bridgehead atoms. The number of carbonyl (C=O) groups is 1. The van der Waals surface area contributed by atoms with E-state index in [0.29, 0.717) is 19.0 Å². The molecule has 0 N–H and O–H groups in total. The van der Waals surface area contributed by atoms with E-state index in [2.05, 4.69) is 28.7 Å². The Hall–Kier alpha value is -1.65. The molecule has 1 heterocycles. The molecule has 0 radical (unpaired) electrons. The second-order valence-corrected chi connectivity index (χ2v) is 4.81. The fourth-order valence-corrected chi connectivity index (χ4v) is 1.44. The van der Waals surface area contributed by atoms with Crippen LogP contribution in [0, 0.1) is 0 Å². The third kappa shape index (κ3) is 3.98. The van der Waals surface area contributed by atoms with E-state index in [9.17, 15) is 4.79 Å². The molecule has 0 spiro atoms. The predicted octanol–water partition coefficient (Wildman–Crippen LogP) is 1.74. The zero-order chi connectivity index (χ0) is 13.7. The van der Waals surface area contributed by atoms with Gasteiger partial charge in [-0.05, 0) is 20.8 Å². The predicted molar refractivity (Wildman–Crippen MR) is 74.1 cm³/mol. The highest BCUT2D eigenvalue weighted by molar-refractivity contribution is 5.76. The van der Waals surface area contributed by atoms with E-state index in [4.69, 9.17) is 0 Å². The molecule has 5 heteroatoms. The van der Waals surface area contributed by atoms with E-state index in [1.54, 1.807) is 13.3 Å². The van der Waals surface area contributed by atoms with Crippen LogP contribution in [0.2, 0.25) is 0 Å². The summed E-state index contributed by atoms with van der Waals surface area (Å²) in [5.74, 6) is 1.92. The molecule has 0 aliphatic heterocycles. The van der Waals surface area contributed by atoms with Gasteiger partial charge in [0.15, 0.2) is 0 Å². The minimum absolute atomic E-state index is 0.190. The third-order valence-corrected chi connectivity index (χ3v) is 2.96. The minimum atomic E-state index is 0.190. The Morgan fingerprint density at radius 1 is 1.28 bits per heavy atom. The normalized spacial score (nSPS) is 10.6. The summed E-state index contributed by atoms with van der Waals surface area (Å²) in [5.41, 5.74) is 0. The van der Waals surface area contributed by atoms with Gasteiger partial charge in [-0.2, -0.15) is 0 Å². The second-order valence-electron chi connectivity index (χ2n) is 4.81. The van der Waals surface area contributed by atoms with Crippen LogP contribution in [0.1, 0.15) is 27.2 Å². The molecule has 0 aromatic carbocycles. The number of carbonyl (C=O) groups excluding carboxylic acids is 1. The van der Waals surface area contributed by atoms with Crippen molar-refractivity contribution in [3.8, 4) is 0 Å². The van der Waals surface area contributed by atoms with Gasteiger partial charge in [0, 0.05) is 39.2 Å². The van der Waals surface area contributed by atoms with Gasteiger partial charge in [0.2, 0.25) is 0 Å². The van der Waals surface area contributed by atoms with E-state index in [1.165, 1.54) is 0 Å². The maximum absolute atomic E-state index is 11.0. The molecule has 100 valence electrons. The van der Waals surface area contributed by atoms with Crippen molar-refractivity contribution in [2.45, 2.75) is 33.2 Å². The first-order valence-electron chi connectivity index (χ1n) is 6.17. The fourth-order valence-electron chi connectivity index (χ4n) is 1.44. The number of nitrogens with zero attached hydrogens (tertiary/aromatic N) is 4. The van der Waals surface area contributed by atoms with Crippen molar-refractivity contribution >= 4 is 17.4 Å². The van der Waals surface area contributed by atoms with Gasteiger partial charge < -0.3 is 9.80 Å². The summed E-state index contributed by atoms with van der Waals surface area (Å²) in [6.07, 6.45) is 2.10. The molecule has 1 aromatic rings. The van der Waals surface area contributed by atoms with Crippen LogP contribution in [0.3, 0.4) is 0 Å². The third-order valence-electron chi connectivity index (χ3n) is 2.96. The second kappa shape index (κ2) is 6.33. The van der Waals surface area contributed by atoms with Crippen molar-refractivity contribution in [3.05, 3.63) is 12.4 Å². The summed E-state index contributed by atoms with van der Waals surface area (Å²) < 4.78 is 0. The van der Waals surface area contributed by atoms with E-state index in [-0.39, 0.29) is 5.78 Å². The molecule has 0 aliphatic rings. The molecule has 1 aromatic heterocycles. The molecule has 0 saturated heterocycles. The van der Waals surface area contributed by atoms with Gasteiger partial charge >= 0.3 is 0 Å². The van der Waals surface area contributed by atoms with Crippen molar-refractivity contribution in [3.63, 3.8) is 0 Å². The highest BCUT2D eigenvalue weighted by atomic mass is 16.1. The van der Waals surface area contributed by atoms with Gasteiger partial charge in [0.25, 0.3) is 0 Å². The van der Waals surface area contributed by atoms with Crippen molar-refractivity contribution in [1.29, 1.82) is 0 Å². The lowest BCUT2D eigenvalue weighted by atomic mass is 10.3. The maximum Gasteiger partial charge on any atom is 0.134 e. The number of hydrogen-bond donors (Lipinski definition) is 0.